The number of ether oxygens (including phenoxy) is 2. The Morgan fingerprint density at radius 1 is 0.897 bits per heavy atom. The summed E-state index contributed by atoms with van der Waals surface area (Å²) >= 11 is 0. The molecule has 0 aliphatic carbocycles. The molecule has 7 heteroatoms. The number of piperidine rings is 2. The number of carbonyl (C=O) groups excluding carboxylic acids is 2. The number of aryl methyl sites for hydroxylation is 1. The van der Waals surface area contributed by atoms with Crippen molar-refractivity contribution in [1.82, 2.24) is 10.2 Å². The topological polar surface area (TPSA) is 71.1 Å². The molecule has 3 aliphatic heterocycles. The summed E-state index contributed by atoms with van der Waals surface area (Å²) in [5.41, 5.74) is 3.76. The van der Waals surface area contributed by atoms with Gasteiger partial charge in [-0.15, -0.1) is 0 Å². The molecular formula is C32H43N3O4. The summed E-state index contributed by atoms with van der Waals surface area (Å²) in [6.45, 7) is 7.95. The minimum atomic E-state index is -0.136. The van der Waals surface area contributed by atoms with E-state index in [2.05, 4.69) is 29.3 Å². The Labute approximate surface area is 232 Å². The number of anilines is 1. The molecular weight excluding hydrogens is 490 g/mol. The second-order valence-electron chi connectivity index (χ2n) is 11.5. The van der Waals surface area contributed by atoms with Crippen molar-refractivity contribution < 1.29 is 19.1 Å². The molecule has 1 spiro atoms. The number of para-hydroxylation sites is 1. The monoisotopic (exact) mass is 533 g/mol. The first kappa shape index (κ1) is 27.5. The van der Waals surface area contributed by atoms with Crippen LogP contribution < -0.4 is 15.0 Å². The highest BCUT2D eigenvalue weighted by Gasteiger charge is 2.37. The molecule has 3 heterocycles. The molecule has 0 bridgehead atoms. The molecule has 39 heavy (non-hydrogen) atoms. The van der Waals surface area contributed by atoms with Gasteiger partial charge in [-0.3, -0.25) is 9.59 Å². The molecule has 0 aromatic heterocycles. The lowest BCUT2D eigenvalue weighted by Crippen LogP contribution is -2.45. The minimum absolute atomic E-state index is 0.0310. The van der Waals surface area contributed by atoms with E-state index in [1.54, 1.807) is 0 Å². The van der Waals surface area contributed by atoms with E-state index in [9.17, 15) is 9.59 Å². The Bertz CT molecular complexity index is 1140. The molecule has 2 saturated heterocycles. The van der Waals surface area contributed by atoms with Gasteiger partial charge in [-0.05, 0) is 81.7 Å². The van der Waals surface area contributed by atoms with Crippen LogP contribution in [0, 0.1) is 12.3 Å². The van der Waals surface area contributed by atoms with E-state index in [1.807, 2.05) is 35.2 Å². The summed E-state index contributed by atoms with van der Waals surface area (Å²) < 4.78 is 12.1. The van der Waals surface area contributed by atoms with Crippen LogP contribution in [0.2, 0.25) is 0 Å². The maximum atomic E-state index is 13.6. The molecule has 2 aromatic rings. The van der Waals surface area contributed by atoms with Crippen molar-refractivity contribution in [3.63, 3.8) is 0 Å². The van der Waals surface area contributed by atoms with Crippen LogP contribution >= 0.6 is 0 Å². The van der Waals surface area contributed by atoms with Gasteiger partial charge >= 0.3 is 0 Å². The Hall–Kier alpha value is -3.06. The summed E-state index contributed by atoms with van der Waals surface area (Å²) in [5.74, 6) is 0.610. The normalized spacial score (nSPS) is 20.9. The van der Waals surface area contributed by atoms with Crippen molar-refractivity contribution in [3.8, 4) is 5.75 Å². The lowest BCUT2D eigenvalue weighted by Gasteiger charge is -2.42. The van der Waals surface area contributed by atoms with E-state index in [1.165, 1.54) is 30.5 Å². The molecule has 0 saturated carbocycles. The van der Waals surface area contributed by atoms with E-state index in [0.717, 1.165) is 50.8 Å². The van der Waals surface area contributed by atoms with Crippen molar-refractivity contribution in [2.75, 3.05) is 57.4 Å². The van der Waals surface area contributed by atoms with Gasteiger partial charge in [-0.1, -0.05) is 24.6 Å². The molecule has 2 aromatic carbocycles. The number of carbonyl (C=O) groups is 2. The van der Waals surface area contributed by atoms with Crippen molar-refractivity contribution >= 4 is 17.5 Å². The van der Waals surface area contributed by atoms with Crippen LogP contribution in [0.1, 0.15) is 77.6 Å². The van der Waals surface area contributed by atoms with Crippen LogP contribution in [0.4, 0.5) is 5.69 Å². The smallest absolute Gasteiger partial charge is 0.255 e. The lowest BCUT2D eigenvalue weighted by atomic mass is 9.75. The highest BCUT2D eigenvalue weighted by atomic mass is 16.5. The molecule has 210 valence electrons. The van der Waals surface area contributed by atoms with Crippen molar-refractivity contribution in [2.24, 2.45) is 5.41 Å². The Morgan fingerprint density at radius 2 is 1.69 bits per heavy atom. The standard InChI is InChI=1S/C32H43N3O4/c1-25-11-12-26(23-28(25)34-17-6-2-7-18-34)31(37)35-19-14-32(15-20-35)13-5-8-21-38-22-16-33-30(36)27-9-3-4-10-29(27)39-24-32/h3-4,9-12,23H,2,5-8,13-22,24H2,1H3,(H,33,36). The first-order chi connectivity index (χ1) is 19.0. The predicted octanol–water partition coefficient (Wildman–Crippen LogP) is 5.22. The van der Waals surface area contributed by atoms with Gasteiger partial charge < -0.3 is 24.6 Å². The first-order valence-electron chi connectivity index (χ1n) is 14.8. The number of hydrogen-bond donors (Lipinski definition) is 1. The van der Waals surface area contributed by atoms with Gasteiger partial charge in [-0.25, -0.2) is 0 Å². The predicted molar refractivity (Wildman–Crippen MR) is 154 cm³/mol. The van der Waals surface area contributed by atoms with Gasteiger partial charge in [0.15, 0.2) is 0 Å². The van der Waals surface area contributed by atoms with Gasteiger partial charge in [0.05, 0.1) is 18.8 Å². The van der Waals surface area contributed by atoms with E-state index >= 15 is 0 Å². The Kier molecular flexibility index (Phi) is 9.07. The molecule has 5 rings (SSSR count). The fourth-order valence-corrected chi connectivity index (χ4v) is 6.20. The highest BCUT2D eigenvalue weighted by molar-refractivity contribution is 5.97. The van der Waals surface area contributed by atoms with Crippen LogP contribution in [0.5, 0.6) is 5.75 Å². The fraction of sp³-hybridized carbons (Fsp3) is 0.562. The number of rotatable bonds is 2. The molecule has 2 fully saturated rings. The molecule has 0 unspecified atom stereocenters. The fourth-order valence-electron chi connectivity index (χ4n) is 6.20. The van der Waals surface area contributed by atoms with Gasteiger partial charge in [0.1, 0.15) is 5.75 Å². The van der Waals surface area contributed by atoms with Crippen molar-refractivity contribution in [2.45, 2.75) is 58.3 Å². The summed E-state index contributed by atoms with van der Waals surface area (Å²) in [4.78, 5) is 30.8. The number of amides is 2. The average Bonchev–Trinajstić information content (AvgIpc) is 2.98. The van der Waals surface area contributed by atoms with Crippen LogP contribution in [0.25, 0.3) is 0 Å². The quantitative estimate of drug-likeness (QED) is 0.573. The van der Waals surface area contributed by atoms with Crippen LogP contribution in [-0.4, -0.2) is 69.3 Å². The third-order valence-electron chi connectivity index (χ3n) is 8.71. The summed E-state index contributed by atoms with van der Waals surface area (Å²) in [5, 5.41) is 2.93. The minimum Gasteiger partial charge on any atom is -0.492 e. The molecule has 0 radical (unpaired) electrons. The summed E-state index contributed by atoms with van der Waals surface area (Å²) in [6.07, 6.45) is 8.57. The maximum absolute atomic E-state index is 13.6. The second kappa shape index (κ2) is 12.9. The molecule has 2 amide bonds. The SMILES string of the molecule is Cc1ccc(C(=O)N2CCC3(CCCCOCCNC(=O)c4ccccc4OC3)CC2)cc1N1CCCCC1. The zero-order valence-electron chi connectivity index (χ0n) is 23.4. The number of benzene rings is 2. The number of nitrogens with one attached hydrogen (secondary N) is 1. The number of fused-ring (bicyclic) bond motifs is 1. The van der Waals surface area contributed by atoms with Crippen molar-refractivity contribution in [3.05, 3.63) is 59.2 Å². The number of nitrogens with zero attached hydrogens (tertiary/aromatic N) is 2. The van der Waals surface area contributed by atoms with E-state index in [0.29, 0.717) is 50.8 Å². The number of likely N-dealkylation sites (tertiary alicyclic amines) is 1. The zero-order chi connectivity index (χ0) is 27.1. The highest BCUT2D eigenvalue weighted by Crippen LogP contribution is 2.38. The summed E-state index contributed by atoms with van der Waals surface area (Å²) in [7, 11) is 0. The first-order valence-corrected chi connectivity index (χ1v) is 14.8. The van der Waals surface area contributed by atoms with Gasteiger partial charge in [-0.2, -0.15) is 0 Å². The van der Waals surface area contributed by atoms with Gasteiger partial charge in [0.2, 0.25) is 0 Å². The Balaban J connectivity index is 1.28. The van der Waals surface area contributed by atoms with E-state index in [-0.39, 0.29) is 17.2 Å². The molecule has 1 N–H and O–H groups in total. The van der Waals surface area contributed by atoms with E-state index < -0.39 is 0 Å². The van der Waals surface area contributed by atoms with Gasteiger partial charge in [0.25, 0.3) is 11.8 Å². The molecule has 0 atom stereocenters. The Morgan fingerprint density at radius 3 is 2.51 bits per heavy atom. The van der Waals surface area contributed by atoms with Crippen LogP contribution in [-0.2, 0) is 4.74 Å². The largest absolute Gasteiger partial charge is 0.492 e. The number of hydrogen-bond acceptors (Lipinski definition) is 5. The lowest BCUT2D eigenvalue weighted by molar-refractivity contribution is 0.0341. The van der Waals surface area contributed by atoms with Crippen molar-refractivity contribution in [1.29, 1.82) is 0 Å². The van der Waals surface area contributed by atoms with Crippen LogP contribution in [0.3, 0.4) is 0 Å². The average molecular weight is 534 g/mol. The second-order valence-corrected chi connectivity index (χ2v) is 11.5. The maximum Gasteiger partial charge on any atom is 0.255 e. The molecule has 7 nitrogen and oxygen atoms in total. The third-order valence-corrected chi connectivity index (χ3v) is 8.71. The summed E-state index contributed by atoms with van der Waals surface area (Å²) in [6, 6.07) is 13.7. The van der Waals surface area contributed by atoms with Crippen LogP contribution in [0.15, 0.2) is 42.5 Å². The molecule has 3 aliphatic rings. The van der Waals surface area contributed by atoms with E-state index in [4.69, 9.17) is 9.47 Å². The van der Waals surface area contributed by atoms with Gasteiger partial charge in [0, 0.05) is 56.0 Å². The third kappa shape index (κ3) is 6.75. The zero-order valence-corrected chi connectivity index (χ0v) is 23.4.